The summed E-state index contributed by atoms with van der Waals surface area (Å²) in [6.07, 6.45) is 8.41. The first kappa shape index (κ1) is 3.67. The minimum atomic E-state index is 0.443. The summed E-state index contributed by atoms with van der Waals surface area (Å²) in [5.41, 5.74) is 0. The molecule has 2 bridgehead atoms. The van der Waals surface area contributed by atoms with Gasteiger partial charge in [-0.3, -0.25) is 0 Å². The van der Waals surface area contributed by atoms with Crippen LogP contribution in [0.3, 0.4) is 0 Å². The SMILES string of the molecule is [C]1=CC2CC(C1)O2. The Kier molecular flexibility index (Phi) is 0.577. The summed E-state index contributed by atoms with van der Waals surface area (Å²) >= 11 is 0. The van der Waals surface area contributed by atoms with E-state index in [0.717, 1.165) is 6.42 Å². The van der Waals surface area contributed by atoms with Crippen LogP contribution in [0.25, 0.3) is 0 Å². The van der Waals surface area contributed by atoms with Crippen LogP contribution in [-0.4, -0.2) is 12.2 Å². The van der Waals surface area contributed by atoms with Crippen molar-refractivity contribution in [2.24, 2.45) is 0 Å². The van der Waals surface area contributed by atoms with Crippen LogP contribution < -0.4 is 0 Å². The van der Waals surface area contributed by atoms with E-state index in [1.54, 1.807) is 0 Å². The fourth-order valence-electron chi connectivity index (χ4n) is 1.06. The summed E-state index contributed by atoms with van der Waals surface area (Å²) in [6, 6.07) is 0. The zero-order valence-corrected chi connectivity index (χ0v) is 4.05. The van der Waals surface area contributed by atoms with E-state index in [9.17, 15) is 0 Å². The Morgan fingerprint density at radius 1 is 1.71 bits per heavy atom. The molecule has 1 fully saturated rings. The average molecular weight is 95.1 g/mol. The van der Waals surface area contributed by atoms with Crippen LogP contribution in [0.15, 0.2) is 6.08 Å². The second-order valence-electron chi connectivity index (χ2n) is 2.11. The third-order valence-corrected chi connectivity index (χ3v) is 1.51. The van der Waals surface area contributed by atoms with Gasteiger partial charge in [-0.15, -0.1) is 0 Å². The van der Waals surface area contributed by atoms with Crippen molar-refractivity contribution in [3.05, 3.63) is 12.2 Å². The lowest BCUT2D eigenvalue weighted by Crippen LogP contribution is -2.38. The van der Waals surface area contributed by atoms with Crippen molar-refractivity contribution in [2.45, 2.75) is 25.0 Å². The maximum Gasteiger partial charge on any atom is 0.0790 e. The van der Waals surface area contributed by atoms with E-state index in [-0.39, 0.29) is 0 Å². The average Bonchev–Trinajstić information content (AvgIpc) is 1.67. The molecule has 2 heterocycles. The first-order chi connectivity index (χ1) is 3.45. The van der Waals surface area contributed by atoms with Crippen LogP contribution in [-0.2, 0) is 4.74 Å². The molecular weight excluding hydrogens is 88.1 g/mol. The number of hydrogen-bond donors (Lipinski definition) is 0. The van der Waals surface area contributed by atoms with E-state index in [0.29, 0.717) is 12.2 Å². The molecule has 0 aromatic heterocycles. The first-order valence-corrected chi connectivity index (χ1v) is 2.67. The number of fused-ring (bicyclic) bond motifs is 1. The molecule has 0 aromatic carbocycles. The van der Waals surface area contributed by atoms with Gasteiger partial charge in [0.1, 0.15) is 0 Å². The van der Waals surface area contributed by atoms with Gasteiger partial charge in [0.05, 0.1) is 12.2 Å². The van der Waals surface area contributed by atoms with Crippen molar-refractivity contribution < 1.29 is 4.74 Å². The second-order valence-corrected chi connectivity index (χ2v) is 2.11. The van der Waals surface area contributed by atoms with Crippen molar-refractivity contribution in [2.75, 3.05) is 0 Å². The van der Waals surface area contributed by atoms with E-state index in [4.69, 9.17) is 4.74 Å². The summed E-state index contributed by atoms with van der Waals surface area (Å²) in [6.45, 7) is 0. The third kappa shape index (κ3) is 0.416. The molecule has 1 radical (unpaired) electrons. The maximum absolute atomic E-state index is 5.26. The van der Waals surface area contributed by atoms with Gasteiger partial charge in [0.25, 0.3) is 0 Å². The van der Waals surface area contributed by atoms with Gasteiger partial charge in [-0.2, -0.15) is 0 Å². The lowest BCUT2D eigenvalue weighted by Gasteiger charge is -2.36. The Morgan fingerprint density at radius 3 is 2.71 bits per heavy atom. The molecule has 0 spiro atoms. The molecule has 2 aliphatic heterocycles. The minimum Gasteiger partial charge on any atom is -0.370 e. The number of rotatable bonds is 0. The predicted molar refractivity (Wildman–Crippen MR) is 25.7 cm³/mol. The third-order valence-electron chi connectivity index (χ3n) is 1.51. The van der Waals surface area contributed by atoms with Gasteiger partial charge in [-0.1, -0.05) is 6.08 Å². The molecule has 0 amide bonds. The molecule has 3 rings (SSSR count). The zero-order chi connectivity index (χ0) is 4.69. The standard InChI is InChI=1S/C6H7O/c1-2-5-4-6(3-1)7-5/h2,5-6H,3-4H2. The molecule has 0 aromatic rings. The summed E-state index contributed by atoms with van der Waals surface area (Å²) in [7, 11) is 0. The molecule has 3 aliphatic rings. The molecular formula is C6H7O. The van der Waals surface area contributed by atoms with Gasteiger partial charge in [0.15, 0.2) is 0 Å². The van der Waals surface area contributed by atoms with Crippen molar-refractivity contribution in [1.29, 1.82) is 0 Å². The van der Waals surface area contributed by atoms with E-state index in [1.807, 2.05) is 6.08 Å². The van der Waals surface area contributed by atoms with Crippen LogP contribution in [0, 0.1) is 6.08 Å². The Hall–Kier alpha value is -0.300. The molecule has 1 aliphatic carbocycles. The lowest BCUT2D eigenvalue weighted by molar-refractivity contribution is -0.105. The molecule has 0 N–H and O–H groups in total. The Morgan fingerprint density at radius 2 is 2.57 bits per heavy atom. The Labute approximate surface area is 43.0 Å². The highest BCUT2D eigenvalue weighted by atomic mass is 16.5. The Balaban J connectivity index is 2.18. The predicted octanol–water partition coefficient (Wildman–Crippen LogP) is 0.907. The smallest absolute Gasteiger partial charge is 0.0790 e. The normalized spacial score (nSPS) is 45.7. The van der Waals surface area contributed by atoms with Gasteiger partial charge in [-0.05, 0) is 12.5 Å². The van der Waals surface area contributed by atoms with Gasteiger partial charge in [-0.25, -0.2) is 0 Å². The van der Waals surface area contributed by atoms with Crippen LogP contribution in [0.4, 0.5) is 0 Å². The van der Waals surface area contributed by atoms with Crippen LogP contribution in [0.2, 0.25) is 0 Å². The molecule has 1 heteroatoms. The van der Waals surface area contributed by atoms with E-state index in [2.05, 4.69) is 6.08 Å². The van der Waals surface area contributed by atoms with E-state index in [1.165, 1.54) is 6.42 Å². The van der Waals surface area contributed by atoms with Crippen molar-refractivity contribution in [3.63, 3.8) is 0 Å². The molecule has 2 atom stereocenters. The fraction of sp³-hybridized carbons (Fsp3) is 0.667. The fourth-order valence-corrected chi connectivity index (χ4v) is 1.06. The topological polar surface area (TPSA) is 9.23 Å². The zero-order valence-electron chi connectivity index (χ0n) is 4.05. The molecule has 1 nitrogen and oxygen atoms in total. The van der Waals surface area contributed by atoms with Gasteiger partial charge in [0.2, 0.25) is 0 Å². The van der Waals surface area contributed by atoms with Crippen molar-refractivity contribution >= 4 is 0 Å². The summed E-state index contributed by atoms with van der Waals surface area (Å²) in [4.78, 5) is 0. The van der Waals surface area contributed by atoms with Crippen molar-refractivity contribution in [3.8, 4) is 0 Å². The summed E-state index contributed by atoms with van der Waals surface area (Å²) in [5.74, 6) is 0. The van der Waals surface area contributed by atoms with Crippen LogP contribution >= 0.6 is 0 Å². The molecule has 37 valence electrons. The highest BCUT2D eigenvalue weighted by Crippen LogP contribution is 2.28. The molecule has 2 unspecified atom stereocenters. The van der Waals surface area contributed by atoms with E-state index < -0.39 is 0 Å². The minimum absolute atomic E-state index is 0.443. The number of ether oxygens (including phenoxy) is 1. The summed E-state index contributed by atoms with van der Waals surface area (Å²) < 4.78 is 5.26. The van der Waals surface area contributed by atoms with Crippen LogP contribution in [0.1, 0.15) is 12.8 Å². The van der Waals surface area contributed by atoms with Gasteiger partial charge in [0, 0.05) is 6.42 Å². The first-order valence-electron chi connectivity index (χ1n) is 2.67. The summed E-state index contributed by atoms with van der Waals surface area (Å²) in [5, 5.41) is 0. The highest BCUT2D eigenvalue weighted by Gasteiger charge is 2.29. The Bertz CT molecular complexity index is 101. The van der Waals surface area contributed by atoms with Gasteiger partial charge < -0.3 is 4.74 Å². The monoisotopic (exact) mass is 95.0 g/mol. The van der Waals surface area contributed by atoms with Gasteiger partial charge >= 0.3 is 0 Å². The van der Waals surface area contributed by atoms with Crippen molar-refractivity contribution in [1.82, 2.24) is 0 Å². The molecule has 7 heavy (non-hydrogen) atoms. The lowest BCUT2D eigenvalue weighted by atomic mass is 9.96. The highest BCUT2D eigenvalue weighted by molar-refractivity contribution is 4.99. The van der Waals surface area contributed by atoms with Crippen LogP contribution in [0.5, 0.6) is 0 Å². The largest absolute Gasteiger partial charge is 0.370 e. The number of hydrogen-bond acceptors (Lipinski definition) is 1. The maximum atomic E-state index is 5.26. The van der Waals surface area contributed by atoms with E-state index >= 15 is 0 Å². The molecule has 1 saturated heterocycles. The molecule has 0 saturated carbocycles. The quantitative estimate of drug-likeness (QED) is 0.434. The second kappa shape index (κ2) is 1.10.